The van der Waals surface area contributed by atoms with Crippen LogP contribution in [0.15, 0.2) is 16.6 Å². The van der Waals surface area contributed by atoms with Gasteiger partial charge in [-0.25, -0.2) is 4.39 Å². The molecular formula is C7H5BrFNO2. The second-order valence-corrected chi connectivity index (χ2v) is 3.00. The number of carbonyl (C=O) groups excluding carboxylic acids is 1. The van der Waals surface area contributed by atoms with Crippen LogP contribution in [0.4, 0.5) is 4.39 Å². The molecule has 3 nitrogen and oxygen atoms in total. The predicted octanol–water partition coefficient (Wildman–Crippen LogP) is 1.39. The third-order valence-corrected chi connectivity index (χ3v) is 1.91. The minimum Gasteiger partial charge on any atom is -0.507 e. The molecule has 0 bridgehead atoms. The van der Waals surface area contributed by atoms with Gasteiger partial charge >= 0.3 is 0 Å². The molecule has 64 valence electrons. The predicted molar refractivity (Wildman–Crippen MR) is 44.3 cm³/mol. The van der Waals surface area contributed by atoms with E-state index in [0.717, 1.165) is 12.1 Å². The smallest absolute Gasteiger partial charge is 0.252 e. The topological polar surface area (TPSA) is 63.3 Å². The summed E-state index contributed by atoms with van der Waals surface area (Å²) in [6.45, 7) is 0. The van der Waals surface area contributed by atoms with Gasteiger partial charge in [0, 0.05) is 0 Å². The van der Waals surface area contributed by atoms with E-state index in [1.165, 1.54) is 0 Å². The molecule has 12 heavy (non-hydrogen) atoms. The van der Waals surface area contributed by atoms with E-state index in [0.29, 0.717) is 0 Å². The van der Waals surface area contributed by atoms with Crippen LogP contribution in [-0.4, -0.2) is 11.0 Å². The van der Waals surface area contributed by atoms with Gasteiger partial charge in [0.05, 0.1) is 10.0 Å². The van der Waals surface area contributed by atoms with Crippen LogP contribution in [0.2, 0.25) is 0 Å². The molecule has 0 aliphatic rings. The SMILES string of the molecule is NC(=O)c1cc(F)c(Br)cc1O. The average Bonchev–Trinajstić information content (AvgIpc) is 1.96. The van der Waals surface area contributed by atoms with Gasteiger partial charge in [-0.1, -0.05) is 0 Å². The van der Waals surface area contributed by atoms with Gasteiger partial charge in [-0.2, -0.15) is 0 Å². The van der Waals surface area contributed by atoms with E-state index < -0.39 is 11.7 Å². The second-order valence-electron chi connectivity index (χ2n) is 2.15. The number of nitrogens with two attached hydrogens (primary N) is 1. The molecule has 0 heterocycles. The summed E-state index contributed by atoms with van der Waals surface area (Å²) in [7, 11) is 0. The zero-order chi connectivity index (χ0) is 9.30. The standard InChI is InChI=1S/C7H5BrFNO2/c8-4-2-6(11)3(7(10)12)1-5(4)9/h1-2,11H,(H2,10,12). The third kappa shape index (κ3) is 1.55. The molecule has 5 heteroatoms. The number of carbonyl (C=O) groups is 1. The van der Waals surface area contributed by atoms with Crippen LogP contribution in [-0.2, 0) is 0 Å². The Morgan fingerprint density at radius 2 is 2.17 bits per heavy atom. The highest BCUT2D eigenvalue weighted by Crippen LogP contribution is 2.24. The zero-order valence-corrected chi connectivity index (χ0v) is 7.43. The van der Waals surface area contributed by atoms with Gasteiger partial charge in [-0.15, -0.1) is 0 Å². The van der Waals surface area contributed by atoms with Crippen LogP contribution in [0.1, 0.15) is 10.4 Å². The van der Waals surface area contributed by atoms with E-state index in [9.17, 15) is 9.18 Å². The van der Waals surface area contributed by atoms with Crippen molar-refractivity contribution in [1.82, 2.24) is 0 Å². The second kappa shape index (κ2) is 3.10. The third-order valence-electron chi connectivity index (χ3n) is 1.30. The molecular weight excluding hydrogens is 229 g/mol. The van der Waals surface area contributed by atoms with Crippen LogP contribution >= 0.6 is 15.9 Å². The van der Waals surface area contributed by atoms with Crippen molar-refractivity contribution in [2.45, 2.75) is 0 Å². The number of rotatable bonds is 1. The monoisotopic (exact) mass is 233 g/mol. The maximum Gasteiger partial charge on any atom is 0.252 e. The molecule has 0 atom stereocenters. The van der Waals surface area contributed by atoms with Crippen molar-refractivity contribution in [3.05, 3.63) is 28.0 Å². The van der Waals surface area contributed by atoms with Crippen LogP contribution in [0, 0.1) is 5.82 Å². The number of amides is 1. The lowest BCUT2D eigenvalue weighted by Crippen LogP contribution is -2.11. The molecule has 1 rings (SSSR count). The molecule has 1 amide bonds. The van der Waals surface area contributed by atoms with E-state index >= 15 is 0 Å². The van der Waals surface area contributed by atoms with Gasteiger partial charge in [0.15, 0.2) is 0 Å². The average molecular weight is 234 g/mol. The Bertz CT molecular complexity index is 340. The summed E-state index contributed by atoms with van der Waals surface area (Å²) in [5.74, 6) is -1.84. The fraction of sp³-hybridized carbons (Fsp3) is 0. The Morgan fingerprint density at radius 1 is 1.58 bits per heavy atom. The van der Waals surface area contributed by atoms with Crippen molar-refractivity contribution in [2.75, 3.05) is 0 Å². The molecule has 0 aromatic heterocycles. The van der Waals surface area contributed by atoms with E-state index in [4.69, 9.17) is 10.8 Å². The van der Waals surface area contributed by atoms with E-state index in [2.05, 4.69) is 15.9 Å². The minimum atomic E-state index is -0.862. The Hall–Kier alpha value is -1.10. The first-order valence-electron chi connectivity index (χ1n) is 3.00. The number of halogens is 2. The van der Waals surface area contributed by atoms with Crippen molar-refractivity contribution >= 4 is 21.8 Å². The number of aromatic hydroxyl groups is 1. The van der Waals surface area contributed by atoms with Gasteiger partial charge in [0.2, 0.25) is 0 Å². The molecule has 0 unspecified atom stereocenters. The van der Waals surface area contributed by atoms with Crippen molar-refractivity contribution in [2.24, 2.45) is 5.73 Å². The highest BCUT2D eigenvalue weighted by atomic mass is 79.9. The Balaban J connectivity index is 3.33. The molecule has 0 saturated carbocycles. The molecule has 0 spiro atoms. The summed E-state index contributed by atoms with van der Waals surface area (Å²) >= 11 is 2.84. The summed E-state index contributed by atoms with van der Waals surface area (Å²) in [6, 6.07) is 1.96. The Morgan fingerprint density at radius 3 is 2.67 bits per heavy atom. The molecule has 0 aliphatic carbocycles. The molecule has 0 aliphatic heterocycles. The molecule has 3 N–H and O–H groups in total. The van der Waals surface area contributed by atoms with Crippen LogP contribution in [0.3, 0.4) is 0 Å². The minimum absolute atomic E-state index is 0.0880. The molecule has 0 radical (unpaired) electrons. The van der Waals surface area contributed by atoms with Gasteiger partial charge in [0.1, 0.15) is 11.6 Å². The molecule has 0 saturated heterocycles. The van der Waals surface area contributed by atoms with Crippen LogP contribution in [0.5, 0.6) is 5.75 Å². The van der Waals surface area contributed by atoms with Crippen molar-refractivity contribution in [3.63, 3.8) is 0 Å². The lowest BCUT2D eigenvalue weighted by atomic mass is 10.2. The van der Waals surface area contributed by atoms with Gasteiger partial charge in [-0.05, 0) is 28.1 Å². The normalized spacial score (nSPS) is 9.83. The quantitative estimate of drug-likeness (QED) is 0.771. The molecule has 1 aromatic rings. The van der Waals surface area contributed by atoms with E-state index in [1.807, 2.05) is 0 Å². The lowest BCUT2D eigenvalue weighted by Gasteiger charge is -2.01. The Kier molecular flexibility index (Phi) is 2.32. The maximum atomic E-state index is 12.8. The number of hydrogen-bond donors (Lipinski definition) is 2. The first-order chi connectivity index (χ1) is 5.52. The summed E-state index contributed by atoms with van der Waals surface area (Å²) in [6.07, 6.45) is 0. The largest absolute Gasteiger partial charge is 0.507 e. The van der Waals surface area contributed by atoms with Crippen molar-refractivity contribution < 1.29 is 14.3 Å². The van der Waals surface area contributed by atoms with Crippen molar-refractivity contribution in [1.29, 1.82) is 0 Å². The molecule has 0 fully saturated rings. The summed E-state index contributed by atoms with van der Waals surface area (Å²) in [4.78, 5) is 10.6. The zero-order valence-electron chi connectivity index (χ0n) is 5.84. The van der Waals surface area contributed by atoms with Crippen LogP contribution in [0.25, 0.3) is 0 Å². The first kappa shape index (κ1) is 8.99. The number of benzene rings is 1. The highest BCUT2D eigenvalue weighted by Gasteiger charge is 2.11. The fourth-order valence-corrected chi connectivity index (χ4v) is 1.06. The van der Waals surface area contributed by atoms with Crippen molar-refractivity contribution in [3.8, 4) is 5.75 Å². The number of hydrogen-bond acceptors (Lipinski definition) is 2. The van der Waals surface area contributed by atoms with Gasteiger partial charge in [-0.3, -0.25) is 4.79 Å². The van der Waals surface area contributed by atoms with E-state index in [1.54, 1.807) is 0 Å². The fourth-order valence-electron chi connectivity index (χ4n) is 0.734. The lowest BCUT2D eigenvalue weighted by molar-refractivity contribution is 0.0997. The summed E-state index contributed by atoms with van der Waals surface area (Å²) in [5, 5.41) is 9.09. The van der Waals surface area contributed by atoms with Gasteiger partial charge in [0.25, 0.3) is 5.91 Å². The number of phenols is 1. The van der Waals surface area contributed by atoms with E-state index in [-0.39, 0.29) is 15.8 Å². The summed E-state index contributed by atoms with van der Waals surface area (Å²) in [5.41, 5.74) is 4.63. The molecule has 1 aromatic carbocycles. The number of primary amides is 1. The Labute approximate surface area is 76.1 Å². The first-order valence-corrected chi connectivity index (χ1v) is 3.79. The van der Waals surface area contributed by atoms with Crippen LogP contribution < -0.4 is 5.73 Å². The van der Waals surface area contributed by atoms with Gasteiger partial charge < -0.3 is 10.8 Å². The maximum absolute atomic E-state index is 12.8. The summed E-state index contributed by atoms with van der Waals surface area (Å²) < 4.78 is 12.8. The highest BCUT2D eigenvalue weighted by molar-refractivity contribution is 9.10.